The summed E-state index contributed by atoms with van der Waals surface area (Å²) in [6.45, 7) is -1.78. The van der Waals surface area contributed by atoms with Crippen LogP contribution in [0.5, 0.6) is 5.75 Å². The predicted octanol–water partition coefficient (Wildman–Crippen LogP) is 3.80. The predicted molar refractivity (Wildman–Crippen MR) is 53.3 cm³/mol. The van der Waals surface area contributed by atoms with Gasteiger partial charge in [-0.25, -0.2) is 8.78 Å². The zero-order valence-electron chi connectivity index (χ0n) is 9.56. The van der Waals surface area contributed by atoms with Gasteiger partial charge in [0.1, 0.15) is 5.75 Å². The van der Waals surface area contributed by atoms with E-state index in [0.717, 1.165) is 6.07 Å². The normalized spacial score (nSPS) is 12.6. The molecule has 0 heterocycles. The van der Waals surface area contributed by atoms with Crippen molar-refractivity contribution in [1.29, 1.82) is 0 Å². The molecule has 0 atom stereocenters. The molecular formula is C11H7F7O2. The Labute approximate surface area is 108 Å². The van der Waals surface area contributed by atoms with Crippen LogP contribution < -0.4 is 4.74 Å². The number of benzene rings is 1. The molecule has 1 aromatic carbocycles. The lowest BCUT2D eigenvalue weighted by molar-refractivity contribution is -0.148. The largest absolute Gasteiger partial charge is 0.487 e. The molecule has 0 aliphatic rings. The molecule has 1 aromatic rings. The molecule has 20 heavy (non-hydrogen) atoms. The van der Waals surface area contributed by atoms with Gasteiger partial charge in [-0.3, -0.25) is 4.79 Å². The van der Waals surface area contributed by atoms with E-state index in [1.165, 1.54) is 0 Å². The van der Waals surface area contributed by atoms with E-state index in [-0.39, 0.29) is 6.29 Å². The maximum atomic E-state index is 12.6. The molecule has 112 valence electrons. The van der Waals surface area contributed by atoms with Gasteiger partial charge in [0.2, 0.25) is 0 Å². The fraction of sp³-hybridized carbons (Fsp3) is 0.364. The number of aldehydes is 1. The minimum Gasteiger partial charge on any atom is -0.487 e. The highest BCUT2D eigenvalue weighted by atomic mass is 19.4. The van der Waals surface area contributed by atoms with Gasteiger partial charge < -0.3 is 4.74 Å². The monoisotopic (exact) mass is 304 g/mol. The van der Waals surface area contributed by atoms with Crippen LogP contribution in [-0.2, 0) is 6.18 Å². The van der Waals surface area contributed by atoms with Crippen molar-refractivity contribution in [1.82, 2.24) is 0 Å². The molecule has 0 N–H and O–H groups in total. The fourth-order valence-corrected chi connectivity index (χ4v) is 1.22. The van der Waals surface area contributed by atoms with Crippen LogP contribution in [0.2, 0.25) is 0 Å². The van der Waals surface area contributed by atoms with Crippen LogP contribution in [0.3, 0.4) is 0 Å². The van der Waals surface area contributed by atoms with Gasteiger partial charge in [0, 0.05) is 5.56 Å². The Kier molecular flexibility index (Phi) is 4.61. The summed E-state index contributed by atoms with van der Waals surface area (Å²) in [5.74, 6) is -5.18. The second-order valence-corrected chi connectivity index (χ2v) is 3.72. The van der Waals surface area contributed by atoms with Gasteiger partial charge in [0.25, 0.3) is 0 Å². The fourth-order valence-electron chi connectivity index (χ4n) is 1.22. The number of alkyl halides is 7. The van der Waals surface area contributed by atoms with Crippen molar-refractivity contribution in [3.05, 3.63) is 29.3 Å². The van der Waals surface area contributed by atoms with Gasteiger partial charge in [-0.15, -0.1) is 0 Å². The zero-order valence-corrected chi connectivity index (χ0v) is 9.56. The van der Waals surface area contributed by atoms with E-state index in [9.17, 15) is 35.5 Å². The molecule has 0 amide bonds. The van der Waals surface area contributed by atoms with Gasteiger partial charge in [-0.2, -0.15) is 22.0 Å². The van der Waals surface area contributed by atoms with Gasteiger partial charge in [0.15, 0.2) is 12.9 Å². The average molecular weight is 304 g/mol. The van der Waals surface area contributed by atoms with E-state index < -0.39 is 42.0 Å². The Hall–Kier alpha value is -1.80. The molecular weight excluding hydrogens is 297 g/mol. The van der Waals surface area contributed by atoms with Crippen molar-refractivity contribution < 1.29 is 40.3 Å². The lowest BCUT2D eigenvalue weighted by Gasteiger charge is -2.17. The first-order valence-electron chi connectivity index (χ1n) is 5.03. The molecule has 0 radical (unpaired) electrons. The van der Waals surface area contributed by atoms with Crippen LogP contribution in [0.4, 0.5) is 30.7 Å². The van der Waals surface area contributed by atoms with E-state index in [4.69, 9.17) is 0 Å². The maximum Gasteiger partial charge on any atom is 0.417 e. The molecule has 0 aliphatic carbocycles. The second kappa shape index (κ2) is 5.68. The molecule has 0 aromatic heterocycles. The Balaban J connectivity index is 2.96. The summed E-state index contributed by atoms with van der Waals surface area (Å²) in [5, 5.41) is 0. The van der Waals surface area contributed by atoms with Crippen molar-refractivity contribution in [3.63, 3.8) is 0 Å². The van der Waals surface area contributed by atoms with Gasteiger partial charge >= 0.3 is 18.5 Å². The molecule has 0 fully saturated rings. The van der Waals surface area contributed by atoms with Crippen LogP contribution in [-0.4, -0.2) is 25.2 Å². The molecule has 0 bridgehead atoms. The first-order valence-corrected chi connectivity index (χ1v) is 5.03. The lowest BCUT2D eigenvalue weighted by Crippen LogP contribution is -2.33. The summed E-state index contributed by atoms with van der Waals surface area (Å²) in [6, 6.07) is 1.80. The van der Waals surface area contributed by atoms with Crippen LogP contribution in [0.25, 0.3) is 0 Å². The van der Waals surface area contributed by atoms with Crippen molar-refractivity contribution in [2.24, 2.45) is 0 Å². The Morgan fingerprint density at radius 2 is 1.75 bits per heavy atom. The molecule has 0 saturated carbocycles. The molecule has 1 rings (SSSR count). The van der Waals surface area contributed by atoms with Crippen molar-refractivity contribution in [3.8, 4) is 5.75 Å². The average Bonchev–Trinajstić information content (AvgIpc) is 2.35. The first kappa shape index (κ1) is 16.3. The highest BCUT2D eigenvalue weighted by Gasteiger charge is 2.42. The van der Waals surface area contributed by atoms with Crippen LogP contribution in [0, 0.1) is 0 Å². The Morgan fingerprint density at radius 1 is 1.15 bits per heavy atom. The molecule has 9 heteroatoms. The summed E-state index contributed by atoms with van der Waals surface area (Å²) in [6.07, 6.45) is -8.97. The number of rotatable bonds is 5. The molecule has 0 saturated heterocycles. The minimum atomic E-state index is -4.90. The van der Waals surface area contributed by atoms with Gasteiger partial charge in [0.05, 0.1) is 5.56 Å². The van der Waals surface area contributed by atoms with E-state index in [0.29, 0.717) is 12.1 Å². The molecule has 0 spiro atoms. The summed E-state index contributed by atoms with van der Waals surface area (Å²) in [4.78, 5) is 10.4. The summed E-state index contributed by atoms with van der Waals surface area (Å²) in [7, 11) is 0. The minimum absolute atomic E-state index is 0.0691. The number of ether oxygens (including phenoxy) is 1. The third kappa shape index (κ3) is 3.84. The first-order chi connectivity index (χ1) is 9.08. The zero-order chi connectivity index (χ0) is 15.6. The quantitative estimate of drug-likeness (QED) is 0.611. The highest BCUT2D eigenvalue weighted by Crippen LogP contribution is 2.34. The number of halogens is 7. The van der Waals surface area contributed by atoms with E-state index in [1.54, 1.807) is 0 Å². The topological polar surface area (TPSA) is 26.3 Å². The summed E-state index contributed by atoms with van der Waals surface area (Å²) in [5.41, 5.74) is -2.11. The van der Waals surface area contributed by atoms with Crippen molar-refractivity contribution >= 4 is 6.29 Å². The number of carbonyl (C=O) groups excluding carboxylic acids is 1. The third-order valence-corrected chi connectivity index (χ3v) is 2.21. The SMILES string of the molecule is O=Cc1ccc(OCC(F)(F)C(F)F)cc1C(F)(F)F. The smallest absolute Gasteiger partial charge is 0.417 e. The number of hydrogen-bond donors (Lipinski definition) is 0. The van der Waals surface area contributed by atoms with Crippen LogP contribution >= 0.6 is 0 Å². The number of carbonyl (C=O) groups is 1. The Bertz CT molecular complexity index is 482. The molecule has 2 nitrogen and oxygen atoms in total. The van der Waals surface area contributed by atoms with Crippen molar-refractivity contribution in [2.45, 2.75) is 18.5 Å². The lowest BCUT2D eigenvalue weighted by atomic mass is 10.1. The maximum absolute atomic E-state index is 12.6. The summed E-state index contributed by atoms with van der Waals surface area (Å²) >= 11 is 0. The third-order valence-electron chi connectivity index (χ3n) is 2.21. The highest BCUT2D eigenvalue weighted by molar-refractivity contribution is 5.78. The standard InChI is InChI=1S/C11H7F7O2/c12-9(13)10(14,15)5-20-7-2-1-6(4-19)8(3-7)11(16,17)18/h1-4,9H,5H2. The van der Waals surface area contributed by atoms with E-state index in [1.807, 2.05) is 0 Å². The summed E-state index contributed by atoms with van der Waals surface area (Å²) < 4.78 is 90.6. The second-order valence-electron chi connectivity index (χ2n) is 3.72. The van der Waals surface area contributed by atoms with Crippen LogP contribution in [0.1, 0.15) is 15.9 Å². The van der Waals surface area contributed by atoms with E-state index >= 15 is 0 Å². The van der Waals surface area contributed by atoms with Gasteiger partial charge in [-0.1, -0.05) is 0 Å². The molecule has 0 aliphatic heterocycles. The molecule has 0 unspecified atom stereocenters. The Morgan fingerprint density at radius 3 is 2.20 bits per heavy atom. The van der Waals surface area contributed by atoms with Crippen molar-refractivity contribution in [2.75, 3.05) is 6.61 Å². The number of hydrogen-bond acceptors (Lipinski definition) is 2. The van der Waals surface area contributed by atoms with Crippen LogP contribution in [0.15, 0.2) is 18.2 Å². The van der Waals surface area contributed by atoms with Gasteiger partial charge in [-0.05, 0) is 18.2 Å². The van der Waals surface area contributed by atoms with E-state index in [2.05, 4.69) is 4.74 Å².